The number of anilines is 1. The van der Waals surface area contributed by atoms with Crippen LogP contribution in [0.1, 0.15) is 18.9 Å². The van der Waals surface area contributed by atoms with Gasteiger partial charge in [-0.1, -0.05) is 24.6 Å². The Balaban J connectivity index is 2.37. The number of aliphatic hydroxyl groups excluding tert-OH is 1. The van der Waals surface area contributed by atoms with Gasteiger partial charge in [0.2, 0.25) is 0 Å². The Morgan fingerprint density at radius 1 is 1.35 bits per heavy atom. The van der Waals surface area contributed by atoms with Crippen molar-refractivity contribution in [3.8, 4) is 0 Å². The molecule has 4 heteroatoms. The van der Waals surface area contributed by atoms with Crippen LogP contribution in [0.2, 0.25) is 5.02 Å². The molecule has 3 N–H and O–H groups in total. The zero-order valence-electron chi connectivity index (χ0n) is 10.3. The monoisotopic (exact) mass is 256 g/mol. The fraction of sp³-hybridized carbons (Fsp3) is 0.538. The lowest BCUT2D eigenvalue weighted by molar-refractivity contribution is 0.200. The van der Waals surface area contributed by atoms with Gasteiger partial charge in [0.15, 0.2) is 0 Å². The summed E-state index contributed by atoms with van der Waals surface area (Å²) in [5, 5.41) is 9.49. The second-order valence-electron chi connectivity index (χ2n) is 4.12. The number of nitrogens with zero attached hydrogens (tertiary/aromatic N) is 1. The van der Waals surface area contributed by atoms with Gasteiger partial charge in [-0.3, -0.25) is 0 Å². The summed E-state index contributed by atoms with van der Waals surface area (Å²) in [6.07, 6.45) is 2.05. The number of nitrogen functional groups attached to an aromatic ring is 1. The van der Waals surface area contributed by atoms with Gasteiger partial charge in [-0.15, -0.1) is 0 Å². The SMILES string of the molecule is CCN(CCO)CCCc1ccc(Cl)c(N)c1. The van der Waals surface area contributed by atoms with Crippen LogP contribution in [-0.2, 0) is 6.42 Å². The quantitative estimate of drug-likeness (QED) is 0.735. The number of likely N-dealkylation sites (N-methyl/N-ethyl adjacent to an activating group) is 1. The number of nitrogens with two attached hydrogens (primary N) is 1. The number of hydrogen-bond acceptors (Lipinski definition) is 3. The van der Waals surface area contributed by atoms with E-state index in [-0.39, 0.29) is 6.61 Å². The van der Waals surface area contributed by atoms with E-state index in [1.54, 1.807) is 0 Å². The predicted molar refractivity (Wildman–Crippen MR) is 73.4 cm³/mol. The molecule has 1 rings (SSSR count). The first kappa shape index (κ1) is 14.3. The fourth-order valence-corrected chi connectivity index (χ4v) is 1.94. The average molecular weight is 257 g/mol. The maximum absolute atomic E-state index is 8.88. The summed E-state index contributed by atoms with van der Waals surface area (Å²) in [4.78, 5) is 2.24. The van der Waals surface area contributed by atoms with E-state index in [0.717, 1.165) is 32.5 Å². The molecule has 0 fully saturated rings. The topological polar surface area (TPSA) is 49.5 Å². The van der Waals surface area contributed by atoms with Gasteiger partial charge in [0, 0.05) is 6.54 Å². The Hall–Kier alpha value is -0.770. The van der Waals surface area contributed by atoms with Crippen molar-refractivity contribution in [3.63, 3.8) is 0 Å². The summed E-state index contributed by atoms with van der Waals surface area (Å²) in [6.45, 7) is 5.06. The molecule has 0 aliphatic carbocycles. The van der Waals surface area contributed by atoms with Crippen LogP contribution in [0.15, 0.2) is 18.2 Å². The van der Waals surface area contributed by atoms with Crippen LogP contribution >= 0.6 is 11.6 Å². The Bertz CT molecular complexity index is 344. The maximum atomic E-state index is 8.88. The van der Waals surface area contributed by atoms with E-state index >= 15 is 0 Å². The van der Waals surface area contributed by atoms with Crippen LogP contribution in [-0.4, -0.2) is 36.2 Å². The second kappa shape index (κ2) is 7.54. The van der Waals surface area contributed by atoms with E-state index in [1.165, 1.54) is 5.56 Å². The summed E-state index contributed by atoms with van der Waals surface area (Å²) in [5.41, 5.74) is 7.61. The number of rotatable bonds is 7. The molecule has 0 amide bonds. The Morgan fingerprint density at radius 3 is 2.71 bits per heavy atom. The van der Waals surface area contributed by atoms with E-state index in [2.05, 4.69) is 11.8 Å². The summed E-state index contributed by atoms with van der Waals surface area (Å²) in [7, 11) is 0. The molecule has 0 saturated carbocycles. The number of hydrogen-bond donors (Lipinski definition) is 2. The molecule has 17 heavy (non-hydrogen) atoms. The molecule has 3 nitrogen and oxygen atoms in total. The van der Waals surface area contributed by atoms with Gasteiger partial charge in [-0.2, -0.15) is 0 Å². The van der Waals surface area contributed by atoms with Gasteiger partial charge in [0.05, 0.1) is 17.3 Å². The molecule has 0 saturated heterocycles. The molecule has 1 aromatic carbocycles. The highest BCUT2D eigenvalue weighted by Gasteiger charge is 2.02. The maximum Gasteiger partial charge on any atom is 0.0635 e. The molecule has 0 bridgehead atoms. The third kappa shape index (κ3) is 4.94. The smallest absolute Gasteiger partial charge is 0.0635 e. The van der Waals surface area contributed by atoms with Crippen LogP contribution in [0.5, 0.6) is 0 Å². The normalized spacial score (nSPS) is 11.1. The van der Waals surface area contributed by atoms with Crippen LogP contribution in [0.25, 0.3) is 0 Å². The average Bonchev–Trinajstić information content (AvgIpc) is 2.32. The summed E-state index contributed by atoms with van der Waals surface area (Å²) >= 11 is 5.87. The van der Waals surface area contributed by atoms with Crippen molar-refractivity contribution < 1.29 is 5.11 Å². The summed E-state index contributed by atoms with van der Waals surface area (Å²) in [6, 6.07) is 5.79. The predicted octanol–water partition coefficient (Wildman–Crippen LogP) is 2.17. The van der Waals surface area contributed by atoms with E-state index in [0.29, 0.717) is 10.7 Å². The number of aliphatic hydroxyl groups is 1. The molecule has 0 unspecified atom stereocenters. The van der Waals surface area contributed by atoms with Crippen molar-refractivity contribution in [1.29, 1.82) is 0 Å². The van der Waals surface area contributed by atoms with E-state index < -0.39 is 0 Å². The van der Waals surface area contributed by atoms with Crippen molar-refractivity contribution >= 4 is 17.3 Å². The van der Waals surface area contributed by atoms with Crippen molar-refractivity contribution in [2.75, 3.05) is 32.0 Å². The molecule has 0 heterocycles. The number of halogens is 1. The third-order valence-corrected chi connectivity index (χ3v) is 3.21. The molecule has 96 valence electrons. The van der Waals surface area contributed by atoms with Crippen LogP contribution < -0.4 is 5.73 Å². The Labute approximate surface area is 108 Å². The van der Waals surface area contributed by atoms with Gasteiger partial charge in [-0.25, -0.2) is 0 Å². The second-order valence-corrected chi connectivity index (χ2v) is 4.52. The van der Waals surface area contributed by atoms with Crippen LogP contribution in [0, 0.1) is 0 Å². The Kier molecular flexibility index (Phi) is 6.34. The lowest BCUT2D eigenvalue weighted by Crippen LogP contribution is -2.27. The number of aryl methyl sites for hydroxylation is 1. The largest absolute Gasteiger partial charge is 0.398 e. The van der Waals surface area contributed by atoms with Gasteiger partial charge < -0.3 is 15.7 Å². The van der Waals surface area contributed by atoms with Gasteiger partial charge >= 0.3 is 0 Å². The number of benzene rings is 1. The molecule has 0 aliphatic heterocycles. The van der Waals surface area contributed by atoms with E-state index in [4.69, 9.17) is 22.4 Å². The summed E-state index contributed by atoms with van der Waals surface area (Å²) < 4.78 is 0. The third-order valence-electron chi connectivity index (χ3n) is 2.86. The lowest BCUT2D eigenvalue weighted by atomic mass is 10.1. The zero-order valence-corrected chi connectivity index (χ0v) is 11.1. The highest BCUT2D eigenvalue weighted by Crippen LogP contribution is 2.20. The molecule has 0 atom stereocenters. The van der Waals surface area contributed by atoms with Crippen LogP contribution in [0.4, 0.5) is 5.69 Å². The highest BCUT2D eigenvalue weighted by atomic mass is 35.5. The fourth-order valence-electron chi connectivity index (χ4n) is 1.82. The standard InChI is InChI=1S/C13H21ClN2O/c1-2-16(8-9-17)7-3-4-11-5-6-12(14)13(15)10-11/h5-6,10,17H,2-4,7-9,15H2,1H3. The molecular formula is C13H21ClN2O. The molecule has 0 radical (unpaired) electrons. The molecular weight excluding hydrogens is 236 g/mol. The van der Waals surface area contributed by atoms with Crippen molar-refractivity contribution in [3.05, 3.63) is 28.8 Å². The first-order chi connectivity index (χ1) is 8.17. The minimum atomic E-state index is 0.224. The van der Waals surface area contributed by atoms with E-state index in [1.807, 2.05) is 18.2 Å². The van der Waals surface area contributed by atoms with Crippen LogP contribution in [0.3, 0.4) is 0 Å². The molecule has 0 aromatic heterocycles. The highest BCUT2D eigenvalue weighted by molar-refractivity contribution is 6.33. The van der Waals surface area contributed by atoms with Crippen molar-refractivity contribution in [2.24, 2.45) is 0 Å². The first-order valence-corrected chi connectivity index (χ1v) is 6.42. The Morgan fingerprint density at radius 2 is 2.12 bits per heavy atom. The minimum absolute atomic E-state index is 0.224. The first-order valence-electron chi connectivity index (χ1n) is 6.04. The van der Waals surface area contributed by atoms with Crippen molar-refractivity contribution in [2.45, 2.75) is 19.8 Å². The zero-order chi connectivity index (χ0) is 12.7. The van der Waals surface area contributed by atoms with E-state index in [9.17, 15) is 0 Å². The molecule has 1 aromatic rings. The molecule has 0 spiro atoms. The van der Waals surface area contributed by atoms with Gasteiger partial charge in [-0.05, 0) is 43.6 Å². The minimum Gasteiger partial charge on any atom is -0.398 e. The van der Waals surface area contributed by atoms with Gasteiger partial charge in [0.1, 0.15) is 0 Å². The van der Waals surface area contributed by atoms with Crippen molar-refractivity contribution in [1.82, 2.24) is 4.90 Å². The summed E-state index contributed by atoms with van der Waals surface area (Å²) in [5.74, 6) is 0. The lowest BCUT2D eigenvalue weighted by Gasteiger charge is -2.18. The van der Waals surface area contributed by atoms with Gasteiger partial charge in [0.25, 0.3) is 0 Å². The molecule has 0 aliphatic rings.